The molecule has 2 heterocycles. The van der Waals surface area contributed by atoms with Crippen LogP contribution in [0.2, 0.25) is 0 Å². The van der Waals surface area contributed by atoms with Crippen LogP contribution in [0.1, 0.15) is 48.2 Å². The molecule has 5 nitrogen and oxygen atoms in total. The van der Waals surface area contributed by atoms with Crippen LogP contribution in [0.25, 0.3) is 10.9 Å². The highest BCUT2D eigenvalue weighted by molar-refractivity contribution is 5.89. The van der Waals surface area contributed by atoms with Gasteiger partial charge in [0.1, 0.15) is 17.6 Å². The molecule has 0 bridgehead atoms. The summed E-state index contributed by atoms with van der Waals surface area (Å²) in [4.78, 5) is 17.9. The molecular weight excluding hydrogens is 369 g/mol. The lowest BCUT2D eigenvalue weighted by Gasteiger charge is -2.40. The first kappa shape index (κ1) is 17.7. The Morgan fingerprint density at radius 2 is 2.14 bits per heavy atom. The molecule has 6 heteroatoms. The van der Waals surface area contributed by atoms with E-state index in [0.717, 1.165) is 35.2 Å². The van der Waals surface area contributed by atoms with Gasteiger partial charge in [0.2, 0.25) is 5.91 Å². The third kappa shape index (κ3) is 2.47. The monoisotopic (exact) mass is 389 g/mol. The van der Waals surface area contributed by atoms with Crippen LogP contribution in [-0.4, -0.2) is 29.4 Å². The fourth-order valence-electron chi connectivity index (χ4n) is 4.81. The van der Waals surface area contributed by atoms with Crippen molar-refractivity contribution in [3.63, 3.8) is 0 Å². The quantitative estimate of drug-likeness (QED) is 0.715. The molecule has 1 spiro atoms. The number of nitriles is 1. The minimum absolute atomic E-state index is 0.0440. The Labute approximate surface area is 167 Å². The second-order valence-corrected chi connectivity index (χ2v) is 7.97. The lowest BCUT2D eigenvalue weighted by atomic mass is 9.82. The van der Waals surface area contributed by atoms with Crippen LogP contribution in [0.15, 0.2) is 36.4 Å². The number of nitrogens with zero attached hydrogens (tertiary/aromatic N) is 2. The second kappa shape index (κ2) is 6.08. The first-order chi connectivity index (χ1) is 14.0. The molecular formula is C23H20FN3O2. The van der Waals surface area contributed by atoms with Gasteiger partial charge in [0.05, 0.1) is 18.7 Å². The lowest BCUT2D eigenvalue weighted by molar-refractivity contribution is -0.131. The number of carbonyl (C=O) groups excluding carboxylic acids is 1. The largest absolute Gasteiger partial charge is 0.496 e. The molecule has 1 unspecified atom stereocenters. The standard InChI is InChI=1S/C23H20FN3O2/c1-13(28)27-12-23(8-9-23)20-19-16(24)4-3-5-17(19)26-21(20)22(27)15-7-6-14(11-25)10-18(15)29-2/h3-7,10,22,26H,8-9,12H2,1-2H3. The Balaban J connectivity index is 1.81. The van der Waals surface area contributed by atoms with E-state index >= 15 is 0 Å². The van der Waals surface area contributed by atoms with Crippen LogP contribution >= 0.6 is 0 Å². The molecule has 1 atom stereocenters. The fourth-order valence-corrected chi connectivity index (χ4v) is 4.81. The topological polar surface area (TPSA) is 69.1 Å². The summed E-state index contributed by atoms with van der Waals surface area (Å²) in [6.07, 6.45) is 1.87. The molecule has 146 valence electrons. The summed E-state index contributed by atoms with van der Waals surface area (Å²) in [6.45, 7) is 2.11. The number of aromatic nitrogens is 1. The predicted molar refractivity (Wildman–Crippen MR) is 106 cm³/mol. The Hall–Kier alpha value is -3.33. The molecule has 2 aromatic carbocycles. The van der Waals surface area contributed by atoms with Crippen molar-refractivity contribution in [2.45, 2.75) is 31.2 Å². The molecule has 1 N–H and O–H groups in total. The molecule has 0 radical (unpaired) electrons. The average molecular weight is 389 g/mol. The number of fused-ring (bicyclic) bond motifs is 4. The first-order valence-electron chi connectivity index (χ1n) is 9.65. The zero-order valence-corrected chi connectivity index (χ0v) is 16.3. The number of halogens is 1. The van der Waals surface area contributed by atoms with E-state index in [0.29, 0.717) is 23.2 Å². The van der Waals surface area contributed by atoms with E-state index < -0.39 is 6.04 Å². The summed E-state index contributed by atoms with van der Waals surface area (Å²) >= 11 is 0. The van der Waals surface area contributed by atoms with Gasteiger partial charge in [-0.2, -0.15) is 5.26 Å². The highest BCUT2D eigenvalue weighted by Crippen LogP contribution is 2.58. The maximum atomic E-state index is 14.8. The first-order valence-corrected chi connectivity index (χ1v) is 9.65. The number of ether oxygens (including phenoxy) is 1. The number of methoxy groups -OCH3 is 1. The maximum absolute atomic E-state index is 14.8. The number of amides is 1. The van der Waals surface area contributed by atoms with E-state index in [4.69, 9.17) is 4.74 Å². The molecule has 1 aromatic heterocycles. The van der Waals surface area contributed by atoms with Crippen molar-refractivity contribution in [2.75, 3.05) is 13.7 Å². The number of hydrogen-bond donors (Lipinski definition) is 1. The van der Waals surface area contributed by atoms with Crippen molar-refractivity contribution in [1.29, 1.82) is 5.26 Å². The van der Waals surface area contributed by atoms with E-state index in [1.54, 1.807) is 32.2 Å². The summed E-state index contributed by atoms with van der Waals surface area (Å²) in [6, 6.07) is 12.0. The van der Waals surface area contributed by atoms with Crippen LogP contribution in [0.4, 0.5) is 4.39 Å². The Kier molecular flexibility index (Phi) is 3.72. The normalized spacial score (nSPS) is 19.1. The van der Waals surface area contributed by atoms with Crippen molar-refractivity contribution in [2.24, 2.45) is 0 Å². The number of aromatic amines is 1. The van der Waals surface area contributed by atoms with Crippen LogP contribution in [-0.2, 0) is 10.2 Å². The van der Waals surface area contributed by atoms with E-state index in [1.807, 2.05) is 17.0 Å². The minimum Gasteiger partial charge on any atom is -0.496 e. The molecule has 3 aromatic rings. The summed E-state index contributed by atoms with van der Waals surface area (Å²) < 4.78 is 20.4. The maximum Gasteiger partial charge on any atom is 0.220 e. The molecule has 2 aliphatic rings. The van der Waals surface area contributed by atoms with Crippen LogP contribution in [0, 0.1) is 17.1 Å². The molecule has 0 saturated heterocycles. The zero-order valence-electron chi connectivity index (χ0n) is 16.3. The number of H-pyrrole nitrogens is 1. The Morgan fingerprint density at radius 3 is 2.79 bits per heavy atom. The summed E-state index contributed by atoms with van der Waals surface area (Å²) in [5, 5.41) is 9.87. The van der Waals surface area contributed by atoms with Gasteiger partial charge in [-0.15, -0.1) is 0 Å². The van der Waals surface area contributed by atoms with Gasteiger partial charge in [0, 0.05) is 41.0 Å². The van der Waals surface area contributed by atoms with Crippen LogP contribution in [0.5, 0.6) is 5.75 Å². The molecule has 1 aliphatic heterocycles. The smallest absolute Gasteiger partial charge is 0.220 e. The fraction of sp³-hybridized carbons (Fsp3) is 0.304. The average Bonchev–Trinajstić information content (AvgIpc) is 3.36. The van der Waals surface area contributed by atoms with Crippen molar-refractivity contribution >= 4 is 16.8 Å². The van der Waals surface area contributed by atoms with Gasteiger partial charge in [-0.05, 0) is 42.7 Å². The third-order valence-electron chi connectivity index (χ3n) is 6.31. The van der Waals surface area contributed by atoms with Gasteiger partial charge in [-0.3, -0.25) is 4.79 Å². The van der Waals surface area contributed by atoms with Crippen molar-refractivity contribution in [3.8, 4) is 11.8 Å². The number of nitrogens with one attached hydrogen (secondary N) is 1. The number of benzene rings is 2. The van der Waals surface area contributed by atoms with Crippen molar-refractivity contribution < 1.29 is 13.9 Å². The van der Waals surface area contributed by atoms with E-state index in [1.165, 1.54) is 6.07 Å². The van der Waals surface area contributed by atoms with Crippen LogP contribution in [0.3, 0.4) is 0 Å². The highest BCUT2D eigenvalue weighted by atomic mass is 19.1. The van der Waals surface area contributed by atoms with Gasteiger partial charge in [-0.25, -0.2) is 4.39 Å². The molecule has 5 rings (SSSR count). The Bertz CT molecular complexity index is 1200. The molecule has 29 heavy (non-hydrogen) atoms. The van der Waals surface area contributed by atoms with Gasteiger partial charge >= 0.3 is 0 Å². The summed E-state index contributed by atoms with van der Waals surface area (Å²) in [7, 11) is 1.55. The summed E-state index contributed by atoms with van der Waals surface area (Å²) in [5.41, 5.74) is 3.64. The van der Waals surface area contributed by atoms with Gasteiger partial charge in [-0.1, -0.05) is 12.1 Å². The molecule has 1 aliphatic carbocycles. The second-order valence-electron chi connectivity index (χ2n) is 7.97. The van der Waals surface area contributed by atoms with Crippen molar-refractivity contribution in [1.82, 2.24) is 9.88 Å². The number of hydrogen-bond acceptors (Lipinski definition) is 3. The predicted octanol–water partition coefficient (Wildman–Crippen LogP) is 4.17. The van der Waals surface area contributed by atoms with Gasteiger partial charge < -0.3 is 14.6 Å². The van der Waals surface area contributed by atoms with Crippen molar-refractivity contribution in [3.05, 3.63) is 64.6 Å². The van der Waals surface area contributed by atoms with E-state index in [2.05, 4.69) is 11.1 Å². The number of carbonyl (C=O) groups is 1. The van der Waals surface area contributed by atoms with E-state index in [-0.39, 0.29) is 17.1 Å². The molecule has 1 fully saturated rings. The molecule has 1 amide bonds. The Morgan fingerprint density at radius 1 is 1.34 bits per heavy atom. The van der Waals surface area contributed by atoms with Gasteiger partial charge in [0.15, 0.2) is 0 Å². The molecule has 1 saturated carbocycles. The summed E-state index contributed by atoms with van der Waals surface area (Å²) in [5.74, 6) is 0.252. The van der Waals surface area contributed by atoms with E-state index in [9.17, 15) is 14.4 Å². The zero-order chi connectivity index (χ0) is 20.3. The minimum atomic E-state index is -0.428. The SMILES string of the molecule is COc1cc(C#N)ccc1C1c2[nH]c3cccc(F)c3c2C2(CC2)CN1C(C)=O. The lowest BCUT2D eigenvalue weighted by Crippen LogP contribution is -2.44. The third-order valence-corrected chi connectivity index (χ3v) is 6.31. The highest BCUT2D eigenvalue weighted by Gasteiger charge is 2.55. The van der Waals surface area contributed by atoms with Gasteiger partial charge in [0.25, 0.3) is 0 Å². The number of rotatable bonds is 2. The van der Waals surface area contributed by atoms with Crippen LogP contribution < -0.4 is 4.74 Å².